The van der Waals surface area contributed by atoms with E-state index in [4.69, 9.17) is 4.74 Å². The number of aromatic nitrogens is 3. The first kappa shape index (κ1) is 11.7. The van der Waals surface area contributed by atoms with Crippen LogP contribution in [0.25, 0.3) is 5.65 Å². The summed E-state index contributed by atoms with van der Waals surface area (Å²) in [5.74, 6) is 1.80. The largest absolute Gasteiger partial charge is 0.496 e. The van der Waals surface area contributed by atoms with E-state index in [0.717, 1.165) is 22.8 Å². The van der Waals surface area contributed by atoms with Crippen molar-refractivity contribution in [3.05, 3.63) is 59.5 Å². The maximum Gasteiger partial charge on any atom is 0.160 e. The second-order valence-corrected chi connectivity index (χ2v) is 4.54. The molecule has 0 N–H and O–H groups in total. The molecule has 0 unspecified atom stereocenters. The molecule has 3 aromatic rings. The number of ether oxygens (including phenoxy) is 1. The van der Waals surface area contributed by atoms with Crippen molar-refractivity contribution in [2.75, 3.05) is 7.11 Å². The second kappa shape index (κ2) is 4.72. The Kier molecular flexibility index (Phi) is 2.91. The Balaban J connectivity index is 2.03. The first-order chi connectivity index (χ1) is 9.28. The van der Waals surface area contributed by atoms with Crippen molar-refractivity contribution in [1.82, 2.24) is 14.6 Å². The third-order valence-corrected chi connectivity index (χ3v) is 3.16. The van der Waals surface area contributed by atoms with Gasteiger partial charge in [0.2, 0.25) is 0 Å². The third-order valence-electron chi connectivity index (χ3n) is 3.16. The lowest BCUT2D eigenvalue weighted by Gasteiger charge is -2.07. The summed E-state index contributed by atoms with van der Waals surface area (Å²) in [7, 11) is 1.69. The topological polar surface area (TPSA) is 39.4 Å². The monoisotopic (exact) mass is 253 g/mol. The van der Waals surface area contributed by atoms with Gasteiger partial charge in [-0.05, 0) is 24.6 Å². The zero-order valence-electron chi connectivity index (χ0n) is 11.0. The Hall–Kier alpha value is -2.36. The van der Waals surface area contributed by atoms with E-state index in [2.05, 4.69) is 29.4 Å². The number of methoxy groups -OCH3 is 1. The fraction of sp³-hybridized carbons (Fsp3) is 0.200. The number of fused-ring (bicyclic) bond motifs is 1. The minimum absolute atomic E-state index is 0.703. The van der Waals surface area contributed by atoms with Gasteiger partial charge in [-0.1, -0.05) is 24.3 Å². The van der Waals surface area contributed by atoms with Crippen molar-refractivity contribution in [3.63, 3.8) is 0 Å². The molecular weight excluding hydrogens is 238 g/mol. The zero-order chi connectivity index (χ0) is 13.2. The molecule has 1 aromatic carbocycles. The Morgan fingerprint density at radius 1 is 1.11 bits per heavy atom. The van der Waals surface area contributed by atoms with Crippen LogP contribution in [0.1, 0.15) is 17.0 Å². The smallest absolute Gasteiger partial charge is 0.160 e. The van der Waals surface area contributed by atoms with Crippen LogP contribution >= 0.6 is 0 Å². The molecule has 3 rings (SSSR count). The first-order valence-corrected chi connectivity index (χ1v) is 6.20. The SMILES string of the molecule is COc1ccccc1Cc1nnc2ccc(C)cn12. The maximum absolute atomic E-state index is 5.37. The van der Waals surface area contributed by atoms with E-state index in [1.165, 1.54) is 5.56 Å². The van der Waals surface area contributed by atoms with Crippen molar-refractivity contribution < 1.29 is 4.74 Å². The quantitative estimate of drug-likeness (QED) is 0.720. The normalized spacial score (nSPS) is 10.8. The molecule has 0 aliphatic carbocycles. The van der Waals surface area contributed by atoms with Crippen molar-refractivity contribution in [1.29, 1.82) is 0 Å². The van der Waals surface area contributed by atoms with E-state index < -0.39 is 0 Å². The molecule has 96 valence electrons. The number of para-hydroxylation sites is 1. The van der Waals surface area contributed by atoms with Gasteiger partial charge in [-0.25, -0.2) is 0 Å². The Bertz CT molecular complexity index is 718. The van der Waals surface area contributed by atoms with Gasteiger partial charge in [-0.15, -0.1) is 10.2 Å². The van der Waals surface area contributed by atoms with Crippen molar-refractivity contribution in [2.24, 2.45) is 0 Å². The van der Waals surface area contributed by atoms with Crippen molar-refractivity contribution >= 4 is 5.65 Å². The standard InChI is InChI=1S/C15H15N3O/c1-11-7-8-14-16-17-15(18(14)10-11)9-12-5-3-4-6-13(12)19-2/h3-8,10H,9H2,1-2H3. The summed E-state index contributed by atoms with van der Waals surface area (Å²) in [5.41, 5.74) is 3.17. The summed E-state index contributed by atoms with van der Waals surface area (Å²) in [6.45, 7) is 2.06. The maximum atomic E-state index is 5.37. The second-order valence-electron chi connectivity index (χ2n) is 4.54. The minimum Gasteiger partial charge on any atom is -0.496 e. The van der Waals surface area contributed by atoms with Crippen LogP contribution < -0.4 is 4.74 Å². The summed E-state index contributed by atoms with van der Waals surface area (Å²) in [5, 5.41) is 8.45. The number of pyridine rings is 1. The van der Waals surface area contributed by atoms with Crippen LogP contribution in [0, 0.1) is 6.92 Å². The van der Waals surface area contributed by atoms with Gasteiger partial charge in [-0.2, -0.15) is 0 Å². The van der Waals surface area contributed by atoms with Crippen LogP contribution in [-0.4, -0.2) is 21.7 Å². The zero-order valence-corrected chi connectivity index (χ0v) is 11.0. The molecule has 0 bridgehead atoms. The van der Waals surface area contributed by atoms with Gasteiger partial charge in [0.1, 0.15) is 11.6 Å². The molecule has 0 atom stereocenters. The fourth-order valence-electron chi connectivity index (χ4n) is 2.18. The number of aryl methyl sites for hydroxylation is 1. The average Bonchev–Trinajstić information content (AvgIpc) is 2.82. The Morgan fingerprint density at radius 2 is 1.95 bits per heavy atom. The predicted molar refractivity (Wildman–Crippen MR) is 73.5 cm³/mol. The lowest BCUT2D eigenvalue weighted by molar-refractivity contribution is 0.410. The lowest BCUT2D eigenvalue weighted by atomic mass is 10.1. The van der Waals surface area contributed by atoms with Gasteiger partial charge in [0.25, 0.3) is 0 Å². The van der Waals surface area contributed by atoms with E-state index in [1.54, 1.807) is 7.11 Å². The number of benzene rings is 1. The van der Waals surface area contributed by atoms with Crippen LogP contribution in [0.5, 0.6) is 5.75 Å². The molecule has 0 aliphatic heterocycles. The number of nitrogens with zero attached hydrogens (tertiary/aromatic N) is 3. The van der Waals surface area contributed by atoms with Crippen LogP contribution in [0.3, 0.4) is 0 Å². The molecule has 4 nitrogen and oxygen atoms in total. The van der Waals surface area contributed by atoms with Gasteiger partial charge < -0.3 is 4.74 Å². The molecule has 19 heavy (non-hydrogen) atoms. The number of hydrogen-bond donors (Lipinski definition) is 0. The molecule has 0 aliphatic rings. The van der Waals surface area contributed by atoms with Crippen molar-refractivity contribution in [2.45, 2.75) is 13.3 Å². The predicted octanol–water partition coefficient (Wildman–Crippen LogP) is 2.64. The van der Waals surface area contributed by atoms with Crippen LogP contribution in [0.15, 0.2) is 42.6 Å². The summed E-state index contributed by atoms with van der Waals surface area (Å²) in [4.78, 5) is 0. The lowest BCUT2D eigenvalue weighted by Crippen LogP contribution is -1.99. The molecule has 0 spiro atoms. The van der Waals surface area contributed by atoms with Crippen molar-refractivity contribution in [3.8, 4) is 5.75 Å². The summed E-state index contributed by atoms with van der Waals surface area (Å²) in [6, 6.07) is 12.0. The average molecular weight is 253 g/mol. The molecule has 2 aromatic heterocycles. The minimum atomic E-state index is 0.703. The molecule has 0 amide bonds. The van der Waals surface area contributed by atoms with Gasteiger partial charge in [0, 0.05) is 18.2 Å². The highest BCUT2D eigenvalue weighted by Gasteiger charge is 2.09. The van der Waals surface area contributed by atoms with E-state index >= 15 is 0 Å². The van der Waals surface area contributed by atoms with E-state index in [1.807, 2.05) is 34.7 Å². The molecule has 4 heteroatoms. The van der Waals surface area contributed by atoms with Crippen LogP contribution in [-0.2, 0) is 6.42 Å². The summed E-state index contributed by atoms with van der Waals surface area (Å²) >= 11 is 0. The highest BCUT2D eigenvalue weighted by atomic mass is 16.5. The highest BCUT2D eigenvalue weighted by Crippen LogP contribution is 2.20. The van der Waals surface area contributed by atoms with E-state index in [0.29, 0.717) is 6.42 Å². The van der Waals surface area contributed by atoms with Gasteiger partial charge >= 0.3 is 0 Å². The van der Waals surface area contributed by atoms with Crippen LogP contribution in [0.2, 0.25) is 0 Å². The Morgan fingerprint density at radius 3 is 2.79 bits per heavy atom. The summed E-state index contributed by atoms with van der Waals surface area (Å²) < 4.78 is 7.40. The first-order valence-electron chi connectivity index (χ1n) is 6.20. The molecular formula is C15H15N3O. The highest BCUT2D eigenvalue weighted by molar-refractivity contribution is 5.41. The van der Waals surface area contributed by atoms with Gasteiger partial charge in [-0.3, -0.25) is 4.40 Å². The third kappa shape index (κ3) is 2.17. The number of hydrogen-bond acceptors (Lipinski definition) is 3. The molecule has 2 heterocycles. The molecule has 0 fully saturated rings. The fourth-order valence-corrected chi connectivity index (χ4v) is 2.18. The van der Waals surface area contributed by atoms with Crippen LogP contribution in [0.4, 0.5) is 0 Å². The number of rotatable bonds is 3. The molecule has 0 saturated heterocycles. The summed E-state index contributed by atoms with van der Waals surface area (Å²) in [6.07, 6.45) is 2.76. The van der Waals surface area contributed by atoms with E-state index in [9.17, 15) is 0 Å². The van der Waals surface area contributed by atoms with E-state index in [-0.39, 0.29) is 0 Å². The Labute approximate surface area is 111 Å². The molecule has 0 radical (unpaired) electrons. The molecule has 0 saturated carbocycles. The van der Waals surface area contributed by atoms with Gasteiger partial charge in [0.15, 0.2) is 5.65 Å². The van der Waals surface area contributed by atoms with Gasteiger partial charge in [0.05, 0.1) is 7.11 Å².